The van der Waals surface area contributed by atoms with Gasteiger partial charge in [-0.05, 0) is 44.2 Å². The average Bonchev–Trinajstić information content (AvgIpc) is 2.77. The van der Waals surface area contributed by atoms with Crippen molar-refractivity contribution in [2.24, 2.45) is 0 Å². The standard InChI is InChI=1S/C14H19N3O4S.ClH/c1-9-6-13(17(18)19)4-5-14(9)22(20,21)16-12-7-10-2-3-11(8-12)15-10;/h4-6,10-12,15-16H,2-3,7-8H2,1H3;1H. The minimum atomic E-state index is -3.65. The van der Waals surface area contributed by atoms with Crippen molar-refractivity contribution in [1.29, 1.82) is 0 Å². The molecule has 23 heavy (non-hydrogen) atoms. The second-order valence-electron chi connectivity index (χ2n) is 6.13. The van der Waals surface area contributed by atoms with Crippen molar-refractivity contribution in [2.75, 3.05) is 0 Å². The predicted octanol–water partition coefficient (Wildman–Crippen LogP) is 1.89. The van der Waals surface area contributed by atoms with Crippen molar-refractivity contribution >= 4 is 28.1 Å². The van der Waals surface area contributed by atoms with Gasteiger partial charge in [-0.3, -0.25) is 10.1 Å². The van der Waals surface area contributed by atoms with Gasteiger partial charge in [0.25, 0.3) is 5.69 Å². The highest BCUT2D eigenvalue weighted by molar-refractivity contribution is 7.89. The second kappa shape index (κ2) is 6.72. The summed E-state index contributed by atoms with van der Waals surface area (Å²) in [5.74, 6) is 0. The van der Waals surface area contributed by atoms with Crippen LogP contribution in [0.3, 0.4) is 0 Å². The lowest BCUT2D eigenvalue weighted by Crippen LogP contribution is -2.48. The molecule has 0 aliphatic carbocycles. The molecule has 2 bridgehead atoms. The Morgan fingerprint density at radius 3 is 2.39 bits per heavy atom. The Morgan fingerprint density at radius 2 is 1.87 bits per heavy atom. The third kappa shape index (κ3) is 3.82. The van der Waals surface area contributed by atoms with Gasteiger partial charge in [0.05, 0.1) is 9.82 Å². The first-order chi connectivity index (χ1) is 10.3. The fourth-order valence-electron chi connectivity index (χ4n) is 3.49. The first-order valence-corrected chi connectivity index (χ1v) is 8.87. The largest absolute Gasteiger partial charge is 0.311 e. The van der Waals surface area contributed by atoms with Gasteiger partial charge in [0.1, 0.15) is 0 Å². The molecule has 2 aliphatic rings. The molecule has 0 radical (unpaired) electrons. The van der Waals surface area contributed by atoms with Crippen LogP contribution < -0.4 is 10.0 Å². The minimum Gasteiger partial charge on any atom is -0.311 e. The van der Waals surface area contributed by atoms with E-state index in [0.29, 0.717) is 17.6 Å². The van der Waals surface area contributed by atoms with Gasteiger partial charge in [0, 0.05) is 30.3 Å². The lowest BCUT2D eigenvalue weighted by molar-refractivity contribution is -0.385. The first-order valence-electron chi connectivity index (χ1n) is 7.38. The van der Waals surface area contributed by atoms with Crippen LogP contribution >= 0.6 is 12.4 Å². The highest BCUT2D eigenvalue weighted by Gasteiger charge is 2.35. The molecule has 2 aliphatic heterocycles. The molecule has 1 aromatic carbocycles. The van der Waals surface area contributed by atoms with Crippen molar-refractivity contribution in [1.82, 2.24) is 10.0 Å². The number of hydrogen-bond donors (Lipinski definition) is 2. The molecule has 2 heterocycles. The summed E-state index contributed by atoms with van der Waals surface area (Å²) >= 11 is 0. The SMILES string of the molecule is Cc1cc([N+](=O)[O-])ccc1S(=O)(=O)NC1CC2CCC(C1)N2.Cl. The van der Waals surface area contributed by atoms with Crippen LogP contribution in [0.1, 0.15) is 31.2 Å². The molecule has 2 saturated heterocycles. The summed E-state index contributed by atoms with van der Waals surface area (Å²) in [6.07, 6.45) is 3.78. The molecule has 0 spiro atoms. The zero-order valence-corrected chi connectivity index (χ0v) is 14.3. The average molecular weight is 362 g/mol. The number of fused-ring (bicyclic) bond motifs is 2. The fraction of sp³-hybridized carbons (Fsp3) is 0.571. The number of hydrogen-bond acceptors (Lipinski definition) is 5. The number of rotatable bonds is 4. The molecule has 128 valence electrons. The molecule has 2 fully saturated rings. The Kier molecular flexibility index (Phi) is 5.30. The molecule has 0 aromatic heterocycles. The molecule has 1 aromatic rings. The van der Waals surface area contributed by atoms with Crippen LogP contribution in [0.4, 0.5) is 5.69 Å². The zero-order chi connectivity index (χ0) is 15.9. The van der Waals surface area contributed by atoms with Crippen LogP contribution in [0, 0.1) is 17.0 Å². The number of nitro benzene ring substituents is 1. The first kappa shape index (κ1) is 18.1. The maximum absolute atomic E-state index is 12.5. The number of benzene rings is 1. The summed E-state index contributed by atoms with van der Waals surface area (Å²) in [7, 11) is -3.65. The Hall–Kier alpha value is -1.22. The van der Waals surface area contributed by atoms with Crippen LogP contribution in [-0.2, 0) is 10.0 Å². The number of non-ortho nitro benzene ring substituents is 1. The van der Waals surface area contributed by atoms with Gasteiger partial charge in [0.15, 0.2) is 0 Å². The van der Waals surface area contributed by atoms with Gasteiger partial charge in [-0.1, -0.05) is 0 Å². The maximum atomic E-state index is 12.5. The number of nitrogens with one attached hydrogen (secondary N) is 2. The van der Waals surface area contributed by atoms with Crippen molar-refractivity contribution in [3.8, 4) is 0 Å². The van der Waals surface area contributed by atoms with Gasteiger partial charge in [0.2, 0.25) is 10.0 Å². The number of halogens is 1. The van der Waals surface area contributed by atoms with E-state index in [0.717, 1.165) is 25.7 Å². The Balaban J connectivity index is 0.00000192. The smallest absolute Gasteiger partial charge is 0.269 e. The predicted molar refractivity (Wildman–Crippen MR) is 88.4 cm³/mol. The number of aryl methyl sites for hydroxylation is 1. The van der Waals surface area contributed by atoms with Gasteiger partial charge in [-0.2, -0.15) is 0 Å². The van der Waals surface area contributed by atoms with E-state index in [1.807, 2.05) is 0 Å². The normalized spacial score (nSPS) is 26.6. The molecule has 0 amide bonds. The zero-order valence-electron chi connectivity index (χ0n) is 12.7. The van der Waals surface area contributed by atoms with E-state index in [9.17, 15) is 18.5 Å². The number of nitro groups is 1. The quantitative estimate of drug-likeness (QED) is 0.629. The highest BCUT2D eigenvalue weighted by Crippen LogP contribution is 2.28. The van der Waals surface area contributed by atoms with E-state index in [1.165, 1.54) is 18.2 Å². The van der Waals surface area contributed by atoms with Crippen LogP contribution in [0.15, 0.2) is 23.1 Å². The van der Waals surface area contributed by atoms with E-state index in [4.69, 9.17) is 0 Å². The molecule has 9 heteroatoms. The summed E-state index contributed by atoms with van der Waals surface area (Å²) < 4.78 is 27.8. The lowest BCUT2D eigenvalue weighted by Gasteiger charge is -2.29. The molecule has 2 atom stereocenters. The molecule has 2 unspecified atom stereocenters. The van der Waals surface area contributed by atoms with Gasteiger partial charge in [-0.25, -0.2) is 13.1 Å². The van der Waals surface area contributed by atoms with Gasteiger partial charge < -0.3 is 5.32 Å². The Morgan fingerprint density at radius 1 is 1.26 bits per heavy atom. The van der Waals surface area contributed by atoms with Crippen LogP contribution in [0.25, 0.3) is 0 Å². The molecule has 0 saturated carbocycles. The number of nitrogens with zero attached hydrogens (tertiary/aromatic N) is 1. The number of sulfonamides is 1. The van der Waals surface area contributed by atoms with Crippen molar-refractivity contribution in [2.45, 2.75) is 55.6 Å². The highest BCUT2D eigenvalue weighted by atomic mass is 35.5. The summed E-state index contributed by atoms with van der Waals surface area (Å²) in [5.41, 5.74) is 0.287. The van der Waals surface area contributed by atoms with E-state index >= 15 is 0 Å². The van der Waals surface area contributed by atoms with E-state index in [-0.39, 0.29) is 29.0 Å². The minimum absolute atomic E-state index is 0. The molecular formula is C14H20ClN3O4S. The summed E-state index contributed by atoms with van der Waals surface area (Å²) in [6.45, 7) is 1.58. The Labute approximate surface area is 141 Å². The third-order valence-electron chi connectivity index (χ3n) is 4.45. The third-order valence-corrected chi connectivity index (χ3v) is 6.13. The molecule has 3 rings (SSSR count). The second-order valence-corrected chi connectivity index (χ2v) is 7.82. The van der Waals surface area contributed by atoms with Crippen molar-refractivity contribution in [3.05, 3.63) is 33.9 Å². The van der Waals surface area contributed by atoms with E-state index in [1.54, 1.807) is 6.92 Å². The van der Waals surface area contributed by atoms with Gasteiger partial charge in [-0.15, -0.1) is 12.4 Å². The maximum Gasteiger partial charge on any atom is 0.269 e. The van der Waals surface area contributed by atoms with Gasteiger partial charge >= 0.3 is 0 Å². The Bertz CT molecular complexity index is 698. The molecule has 2 N–H and O–H groups in total. The van der Waals surface area contributed by atoms with Crippen molar-refractivity contribution in [3.63, 3.8) is 0 Å². The summed E-state index contributed by atoms with van der Waals surface area (Å²) in [5, 5.41) is 14.2. The van der Waals surface area contributed by atoms with E-state index < -0.39 is 14.9 Å². The lowest BCUT2D eigenvalue weighted by atomic mass is 10.0. The van der Waals surface area contributed by atoms with Crippen LogP contribution in [-0.4, -0.2) is 31.5 Å². The van der Waals surface area contributed by atoms with Crippen molar-refractivity contribution < 1.29 is 13.3 Å². The molecule has 7 nitrogen and oxygen atoms in total. The summed E-state index contributed by atoms with van der Waals surface area (Å²) in [6, 6.07) is 4.55. The van der Waals surface area contributed by atoms with E-state index in [2.05, 4.69) is 10.0 Å². The molecular weight excluding hydrogens is 342 g/mol. The summed E-state index contributed by atoms with van der Waals surface area (Å²) in [4.78, 5) is 10.3. The van der Waals surface area contributed by atoms with Crippen LogP contribution in [0.5, 0.6) is 0 Å². The topological polar surface area (TPSA) is 101 Å². The number of piperidine rings is 1. The van der Waals surface area contributed by atoms with Crippen LogP contribution in [0.2, 0.25) is 0 Å². The monoisotopic (exact) mass is 361 g/mol. The fourth-order valence-corrected chi connectivity index (χ4v) is 4.97.